The summed E-state index contributed by atoms with van der Waals surface area (Å²) in [6.07, 6.45) is 2.99. The van der Waals surface area contributed by atoms with Crippen molar-refractivity contribution in [2.75, 3.05) is 0 Å². The fourth-order valence-corrected chi connectivity index (χ4v) is 1.69. The van der Waals surface area contributed by atoms with Gasteiger partial charge in [0.25, 0.3) is 0 Å². The predicted octanol–water partition coefficient (Wildman–Crippen LogP) is -6.92. The number of hydrogen-bond donors (Lipinski definition) is 0. The van der Waals surface area contributed by atoms with Gasteiger partial charge in [0.15, 0.2) is 0 Å². The molecule has 0 atom stereocenters. The molecule has 0 aliphatic heterocycles. The van der Waals surface area contributed by atoms with Crippen molar-refractivity contribution in [3.63, 3.8) is 0 Å². The number of rotatable bonds is 5. The number of carboxylic acid groups (broad SMARTS) is 2. The summed E-state index contributed by atoms with van der Waals surface area (Å²) in [5.74, 6) is -3.43. The largest absolute Gasteiger partial charge is 1.00 e. The Kier molecular flexibility index (Phi) is 11.7. The van der Waals surface area contributed by atoms with E-state index in [4.69, 9.17) is 0 Å². The monoisotopic (exact) mass is 293 g/mol. The van der Waals surface area contributed by atoms with Gasteiger partial charge >= 0.3 is 59.1 Å². The molecule has 0 bridgehead atoms. The van der Waals surface area contributed by atoms with Gasteiger partial charge in [0.1, 0.15) is 0 Å². The molecule has 0 amide bonds. The molecule has 96 valence electrons. The minimum absolute atomic E-state index is 0. The first kappa shape index (κ1) is 22.1. The molecule has 0 aromatic carbocycles. The molecule has 5 nitrogen and oxygen atoms in total. The van der Waals surface area contributed by atoms with Gasteiger partial charge in [-0.05, 0) is 28.7 Å². The Morgan fingerprint density at radius 2 is 1.80 bits per heavy atom. The number of carboxylic acids is 2. The topological polar surface area (TPSA) is 93.2 Å². The Balaban J connectivity index is 0. The van der Waals surface area contributed by atoms with Crippen LogP contribution >= 0.6 is 0 Å². The maximum atomic E-state index is 11.1. The van der Waals surface area contributed by atoms with Gasteiger partial charge in [0, 0.05) is 18.8 Å². The first-order valence-corrected chi connectivity index (χ1v) is 5.48. The zero-order valence-electron chi connectivity index (χ0n) is 12.2. The van der Waals surface area contributed by atoms with Crippen LogP contribution in [0.15, 0.2) is 35.7 Å². The van der Waals surface area contributed by atoms with Crippen LogP contribution in [0.25, 0.3) is 0 Å². The summed E-state index contributed by atoms with van der Waals surface area (Å²) in [6, 6.07) is 3.32. The molecule has 1 aromatic rings. The molecule has 0 fully saturated rings. The van der Waals surface area contributed by atoms with Crippen LogP contribution in [0.3, 0.4) is 0 Å². The van der Waals surface area contributed by atoms with E-state index in [0.717, 1.165) is 0 Å². The Morgan fingerprint density at radius 1 is 1.20 bits per heavy atom. The predicted molar refractivity (Wildman–Crippen MR) is 59.8 cm³/mol. The van der Waals surface area contributed by atoms with Crippen LogP contribution in [0.1, 0.15) is 19.4 Å². The Labute approximate surface area is 162 Å². The van der Waals surface area contributed by atoms with Crippen molar-refractivity contribution in [2.45, 2.75) is 20.3 Å². The van der Waals surface area contributed by atoms with Gasteiger partial charge in [-0.3, -0.25) is 4.98 Å². The van der Waals surface area contributed by atoms with E-state index >= 15 is 0 Å². The summed E-state index contributed by atoms with van der Waals surface area (Å²) < 4.78 is 0. The molecule has 1 rings (SSSR count). The van der Waals surface area contributed by atoms with E-state index in [1.807, 2.05) is 0 Å². The van der Waals surface area contributed by atoms with Crippen molar-refractivity contribution >= 4 is 11.9 Å². The van der Waals surface area contributed by atoms with Gasteiger partial charge in [-0.1, -0.05) is 19.9 Å². The fraction of sp³-hybridized carbons (Fsp3) is 0.308. The standard InChI is InChI=1S/C13H15NO4.2Na/c1-8(2)11(13(17)18)10(12(15)16)6-9-4-3-5-14-7-9;;/h3-5,7-8H,6H2,1-2H3,(H,15,16)(H,17,18);;/q;2*+1/p-2/b11-10-;;. The van der Waals surface area contributed by atoms with Gasteiger partial charge in [-0.25, -0.2) is 0 Å². The van der Waals surface area contributed by atoms with Gasteiger partial charge in [0.05, 0.1) is 11.9 Å². The molecular formula is C13H13NNa2O4. The molecule has 0 aliphatic rings. The normalized spacial score (nSPS) is 10.9. The maximum Gasteiger partial charge on any atom is 1.00 e. The summed E-state index contributed by atoms with van der Waals surface area (Å²) in [5.41, 5.74) is 0.105. The first-order valence-electron chi connectivity index (χ1n) is 5.48. The number of carbonyl (C=O) groups is 2. The van der Waals surface area contributed by atoms with E-state index in [1.54, 1.807) is 32.2 Å². The van der Waals surface area contributed by atoms with Crippen LogP contribution < -0.4 is 69.3 Å². The minimum atomic E-state index is -1.49. The van der Waals surface area contributed by atoms with Crippen LogP contribution in [-0.4, -0.2) is 16.9 Å². The average molecular weight is 293 g/mol. The molecule has 20 heavy (non-hydrogen) atoms. The zero-order chi connectivity index (χ0) is 13.7. The van der Waals surface area contributed by atoms with E-state index in [0.29, 0.717) is 5.56 Å². The first-order chi connectivity index (χ1) is 8.43. The Morgan fingerprint density at radius 3 is 2.15 bits per heavy atom. The quantitative estimate of drug-likeness (QED) is 0.397. The van der Waals surface area contributed by atoms with Crippen molar-refractivity contribution in [2.24, 2.45) is 5.92 Å². The minimum Gasteiger partial charge on any atom is -0.545 e. The maximum absolute atomic E-state index is 11.1. The second kappa shape index (κ2) is 10.5. The second-order valence-corrected chi connectivity index (χ2v) is 4.16. The van der Waals surface area contributed by atoms with E-state index < -0.39 is 17.9 Å². The molecule has 0 N–H and O–H groups in total. The van der Waals surface area contributed by atoms with Gasteiger partial charge in [0.2, 0.25) is 0 Å². The van der Waals surface area contributed by atoms with Gasteiger partial charge in [-0.15, -0.1) is 0 Å². The smallest absolute Gasteiger partial charge is 0.545 e. The number of pyridine rings is 1. The van der Waals surface area contributed by atoms with Crippen LogP contribution in [-0.2, 0) is 16.0 Å². The summed E-state index contributed by atoms with van der Waals surface area (Å²) in [4.78, 5) is 25.9. The number of nitrogens with zero attached hydrogens (tertiary/aromatic N) is 1. The molecule has 7 heteroatoms. The molecule has 1 aromatic heterocycles. The van der Waals surface area contributed by atoms with Crippen molar-refractivity contribution in [1.82, 2.24) is 4.98 Å². The number of hydrogen-bond acceptors (Lipinski definition) is 5. The zero-order valence-corrected chi connectivity index (χ0v) is 16.2. The van der Waals surface area contributed by atoms with Crippen molar-refractivity contribution in [3.8, 4) is 0 Å². The van der Waals surface area contributed by atoms with Crippen molar-refractivity contribution < 1.29 is 78.9 Å². The summed E-state index contributed by atoms with van der Waals surface area (Å²) in [5, 5.41) is 22.1. The molecule has 1 heterocycles. The third-order valence-corrected chi connectivity index (χ3v) is 2.47. The fourth-order valence-electron chi connectivity index (χ4n) is 1.69. The third-order valence-electron chi connectivity index (χ3n) is 2.47. The Hall–Kier alpha value is -0.170. The van der Waals surface area contributed by atoms with Crippen LogP contribution in [0.4, 0.5) is 0 Å². The Bertz CT molecular complexity index is 486. The molecule has 0 unspecified atom stereocenters. The molecular weight excluding hydrogens is 280 g/mol. The van der Waals surface area contributed by atoms with Gasteiger partial charge < -0.3 is 19.8 Å². The number of aromatic nitrogens is 1. The summed E-state index contributed by atoms with van der Waals surface area (Å²) in [6.45, 7) is 3.19. The SMILES string of the molecule is CC(C)/C(C(=O)[O-])=C(\Cc1cccnc1)C(=O)[O-].[Na+].[Na+]. The molecule has 0 aliphatic carbocycles. The number of aliphatic carboxylic acids is 2. The number of carbonyl (C=O) groups excluding carboxylic acids is 2. The molecule has 0 saturated heterocycles. The van der Waals surface area contributed by atoms with Crippen LogP contribution in [0.5, 0.6) is 0 Å². The molecule has 0 saturated carbocycles. The third kappa shape index (κ3) is 6.52. The van der Waals surface area contributed by atoms with Crippen LogP contribution in [0.2, 0.25) is 0 Å². The second-order valence-electron chi connectivity index (χ2n) is 4.16. The average Bonchev–Trinajstić information content (AvgIpc) is 2.28. The van der Waals surface area contributed by atoms with E-state index in [9.17, 15) is 19.8 Å². The summed E-state index contributed by atoms with van der Waals surface area (Å²) in [7, 11) is 0. The van der Waals surface area contributed by atoms with Crippen molar-refractivity contribution in [3.05, 3.63) is 41.2 Å². The van der Waals surface area contributed by atoms with E-state index in [-0.39, 0.29) is 76.7 Å². The van der Waals surface area contributed by atoms with Crippen molar-refractivity contribution in [1.29, 1.82) is 0 Å². The molecule has 0 spiro atoms. The van der Waals surface area contributed by atoms with E-state index in [1.165, 1.54) is 6.20 Å². The van der Waals surface area contributed by atoms with E-state index in [2.05, 4.69) is 4.98 Å². The summed E-state index contributed by atoms with van der Waals surface area (Å²) >= 11 is 0. The van der Waals surface area contributed by atoms with Crippen LogP contribution in [0, 0.1) is 5.92 Å². The van der Waals surface area contributed by atoms with Gasteiger partial charge in [-0.2, -0.15) is 0 Å². The molecule has 0 radical (unpaired) electrons.